The molecule has 0 aromatic carbocycles. The Hall–Kier alpha value is -1.30. The van der Waals surface area contributed by atoms with Gasteiger partial charge >= 0.3 is 12.0 Å². The summed E-state index contributed by atoms with van der Waals surface area (Å²) >= 11 is 0. The van der Waals surface area contributed by atoms with Crippen molar-refractivity contribution in [1.82, 2.24) is 10.2 Å². The summed E-state index contributed by atoms with van der Waals surface area (Å²) in [5.74, 6) is -0.992. The lowest BCUT2D eigenvalue weighted by Crippen LogP contribution is -2.52. The molecular formula is C15H28N2O4. The first-order valence-electron chi connectivity index (χ1n) is 7.78. The van der Waals surface area contributed by atoms with Crippen molar-refractivity contribution >= 4 is 12.0 Å². The lowest BCUT2D eigenvalue weighted by Gasteiger charge is -2.31. The van der Waals surface area contributed by atoms with Crippen LogP contribution >= 0.6 is 0 Å². The number of rotatable bonds is 7. The van der Waals surface area contributed by atoms with Crippen LogP contribution in [0.2, 0.25) is 0 Å². The minimum absolute atomic E-state index is 0.0760. The predicted molar refractivity (Wildman–Crippen MR) is 80.2 cm³/mol. The number of carboxylic acid groups (broad SMARTS) is 1. The van der Waals surface area contributed by atoms with E-state index in [1.807, 2.05) is 13.8 Å². The van der Waals surface area contributed by atoms with Crippen molar-refractivity contribution < 1.29 is 19.4 Å². The lowest BCUT2D eigenvalue weighted by atomic mass is 10.0. The van der Waals surface area contributed by atoms with Gasteiger partial charge in [-0.15, -0.1) is 0 Å². The van der Waals surface area contributed by atoms with E-state index in [1.54, 1.807) is 4.90 Å². The zero-order valence-corrected chi connectivity index (χ0v) is 13.5. The van der Waals surface area contributed by atoms with Crippen LogP contribution in [-0.2, 0) is 9.53 Å². The maximum atomic E-state index is 12.4. The largest absolute Gasteiger partial charge is 0.481 e. The molecule has 4 unspecified atom stereocenters. The third-order valence-electron chi connectivity index (χ3n) is 4.19. The third kappa shape index (κ3) is 4.88. The first-order valence-corrected chi connectivity index (χ1v) is 7.78. The SMILES string of the molecule is CCC(C)CC(C)NC(=O)N(CC)C1COCC1C(=O)O. The number of amides is 2. The number of likely N-dealkylation sites (N-methyl/N-ethyl adjacent to an activating group) is 1. The summed E-state index contributed by atoms with van der Waals surface area (Å²) in [7, 11) is 0. The molecule has 122 valence electrons. The van der Waals surface area contributed by atoms with E-state index in [0.29, 0.717) is 12.5 Å². The van der Waals surface area contributed by atoms with Gasteiger partial charge in [-0.3, -0.25) is 4.79 Å². The van der Waals surface area contributed by atoms with E-state index in [4.69, 9.17) is 4.74 Å². The minimum Gasteiger partial charge on any atom is -0.481 e. The van der Waals surface area contributed by atoms with Gasteiger partial charge in [0.15, 0.2) is 0 Å². The lowest BCUT2D eigenvalue weighted by molar-refractivity contribution is -0.142. The van der Waals surface area contributed by atoms with E-state index in [-0.39, 0.29) is 31.3 Å². The molecule has 4 atom stereocenters. The van der Waals surface area contributed by atoms with Gasteiger partial charge in [-0.2, -0.15) is 0 Å². The summed E-state index contributed by atoms with van der Waals surface area (Å²) in [5.41, 5.74) is 0. The molecule has 1 saturated heterocycles. The summed E-state index contributed by atoms with van der Waals surface area (Å²) in [6.07, 6.45) is 2.00. The number of hydrogen-bond acceptors (Lipinski definition) is 3. The van der Waals surface area contributed by atoms with Crippen LogP contribution in [0.1, 0.15) is 40.5 Å². The smallest absolute Gasteiger partial charge is 0.317 e. The highest BCUT2D eigenvalue weighted by atomic mass is 16.5. The highest BCUT2D eigenvalue weighted by Crippen LogP contribution is 2.20. The van der Waals surface area contributed by atoms with Crippen molar-refractivity contribution in [2.45, 2.75) is 52.6 Å². The molecule has 21 heavy (non-hydrogen) atoms. The van der Waals surface area contributed by atoms with Gasteiger partial charge in [-0.25, -0.2) is 4.79 Å². The quantitative estimate of drug-likeness (QED) is 0.753. The molecule has 2 N–H and O–H groups in total. The van der Waals surface area contributed by atoms with Crippen LogP contribution in [-0.4, -0.2) is 53.8 Å². The first-order chi connectivity index (χ1) is 9.90. The molecule has 1 heterocycles. The van der Waals surface area contributed by atoms with Gasteiger partial charge < -0.3 is 20.1 Å². The summed E-state index contributed by atoms with van der Waals surface area (Å²) in [5, 5.41) is 12.2. The second kappa shape index (κ2) is 8.22. The van der Waals surface area contributed by atoms with Crippen LogP contribution in [0.15, 0.2) is 0 Å². The molecule has 0 aromatic heterocycles. The van der Waals surface area contributed by atoms with Crippen molar-refractivity contribution in [3.63, 3.8) is 0 Å². The Morgan fingerprint density at radius 3 is 2.52 bits per heavy atom. The summed E-state index contributed by atoms with van der Waals surface area (Å²) in [6.45, 7) is 9.06. The van der Waals surface area contributed by atoms with Crippen molar-refractivity contribution in [3.8, 4) is 0 Å². The second-order valence-corrected chi connectivity index (χ2v) is 5.94. The number of aliphatic carboxylic acids is 1. The molecule has 1 fully saturated rings. The van der Waals surface area contributed by atoms with Crippen LogP contribution in [0.5, 0.6) is 0 Å². The third-order valence-corrected chi connectivity index (χ3v) is 4.19. The Morgan fingerprint density at radius 1 is 1.33 bits per heavy atom. The number of carbonyl (C=O) groups excluding carboxylic acids is 1. The zero-order valence-electron chi connectivity index (χ0n) is 13.5. The molecule has 0 aliphatic carbocycles. The molecule has 0 spiro atoms. The fourth-order valence-corrected chi connectivity index (χ4v) is 2.74. The molecule has 1 aliphatic rings. The van der Waals surface area contributed by atoms with Gasteiger partial charge in [0.05, 0.1) is 19.3 Å². The highest BCUT2D eigenvalue weighted by Gasteiger charge is 2.39. The predicted octanol–water partition coefficient (Wildman–Crippen LogP) is 1.94. The molecule has 0 radical (unpaired) electrons. The molecular weight excluding hydrogens is 272 g/mol. The Morgan fingerprint density at radius 2 is 2.00 bits per heavy atom. The fraction of sp³-hybridized carbons (Fsp3) is 0.867. The van der Waals surface area contributed by atoms with Crippen LogP contribution in [0.25, 0.3) is 0 Å². The van der Waals surface area contributed by atoms with Gasteiger partial charge in [0.2, 0.25) is 0 Å². The van der Waals surface area contributed by atoms with Crippen LogP contribution < -0.4 is 5.32 Å². The van der Waals surface area contributed by atoms with Crippen molar-refractivity contribution in [1.29, 1.82) is 0 Å². The first kappa shape index (κ1) is 17.8. The maximum Gasteiger partial charge on any atom is 0.317 e. The van der Waals surface area contributed by atoms with E-state index in [1.165, 1.54) is 0 Å². The Labute approximate surface area is 126 Å². The van der Waals surface area contributed by atoms with Crippen molar-refractivity contribution in [3.05, 3.63) is 0 Å². The van der Waals surface area contributed by atoms with Gasteiger partial charge in [0.1, 0.15) is 5.92 Å². The summed E-state index contributed by atoms with van der Waals surface area (Å²) < 4.78 is 5.25. The molecule has 0 bridgehead atoms. The van der Waals surface area contributed by atoms with Crippen molar-refractivity contribution in [2.75, 3.05) is 19.8 Å². The standard InChI is InChI=1S/C15H28N2O4/c1-5-10(3)7-11(4)16-15(20)17(6-2)13-9-21-8-12(13)14(18)19/h10-13H,5-9H2,1-4H3,(H,16,20)(H,18,19). The van der Waals surface area contributed by atoms with E-state index >= 15 is 0 Å². The second-order valence-electron chi connectivity index (χ2n) is 5.94. The summed E-state index contributed by atoms with van der Waals surface area (Å²) in [4.78, 5) is 25.2. The topological polar surface area (TPSA) is 78.9 Å². The number of carbonyl (C=O) groups is 2. The molecule has 1 rings (SSSR count). The minimum atomic E-state index is -0.906. The summed E-state index contributed by atoms with van der Waals surface area (Å²) in [6, 6.07) is -0.509. The van der Waals surface area contributed by atoms with E-state index in [9.17, 15) is 14.7 Å². The van der Waals surface area contributed by atoms with Crippen LogP contribution in [0.4, 0.5) is 4.79 Å². The van der Waals surface area contributed by atoms with Gasteiger partial charge in [-0.1, -0.05) is 20.3 Å². The molecule has 0 saturated carbocycles. The number of carboxylic acids is 1. The monoisotopic (exact) mass is 300 g/mol. The Balaban J connectivity index is 2.62. The number of urea groups is 1. The number of nitrogens with one attached hydrogen (secondary N) is 1. The van der Waals surface area contributed by atoms with E-state index in [0.717, 1.165) is 12.8 Å². The molecule has 6 nitrogen and oxygen atoms in total. The molecule has 6 heteroatoms. The highest BCUT2D eigenvalue weighted by molar-refractivity contribution is 5.77. The average Bonchev–Trinajstić information content (AvgIpc) is 2.88. The van der Waals surface area contributed by atoms with Gasteiger partial charge in [-0.05, 0) is 26.2 Å². The molecule has 2 amide bonds. The fourth-order valence-electron chi connectivity index (χ4n) is 2.74. The number of ether oxygens (including phenoxy) is 1. The van der Waals surface area contributed by atoms with Crippen LogP contribution in [0, 0.1) is 11.8 Å². The van der Waals surface area contributed by atoms with Crippen molar-refractivity contribution in [2.24, 2.45) is 11.8 Å². The molecule has 1 aliphatic heterocycles. The number of nitrogens with zero attached hydrogens (tertiary/aromatic N) is 1. The van der Waals surface area contributed by atoms with Crippen LogP contribution in [0.3, 0.4) is 0 Å². The van der Waals surface area contributed by atoms with Gasteiger partial charge in [0.25, 0.3) is 0 Å². The number of hydrogen-bond donors (Lipinski definition) is 2. The normalized spacial score (nSPS) is 24.4. The zero-order chi connectivity index (χ0) is 16.0. The average molecular weight is 300 g/mol. The van der Waals surface area contributed by atoms with E-state index < -0.39 is 11.9 Å². The Kier molecular flexibility index (Phi) is 6.95. The maximum absolute atomic E-state index is 12.4. The van der Waals surface area contributed by atoms with E-state index in [2.05, 4.69) is 19.2 Å². The molecule has 0 aromatic rings. The van der Waals surface area contributed by atoms with Gasteiger partial charge in [0, 0.05) is 12.6 Å². The Bertz CT molecular complexity index is 362.